The maximum absolute atomic E-state index is 11.7. The zero-order valence-electron chi connectivity index (χ0n) is 8.90. The van der Waals surface area contributed by atoms with Crippen LogP contribution >= 0.6 is 11.3 Å². The lowest BCUT2D eigenvalue weighted by Crippen LogP contribution is -2.32. The number of nitrogens with zero attached hydrogens (tertiary/aromatic N) is 1. The number of nitrogens with two attached hydrogens (primary N) is 1. The smallest absolute Gasteiger partial charge is 0.270 e. The van der Waals surface area contributed by atoms with Crippen LogP contribution in [0.5, 0.6) is 0 Å². The van der Waals surface area contributed by atoms with Crippen molar-refractivity contribution in [2.75, 3.05) is 13.2 Å². The van der Waals surface area contributed by atoms with Gasteiger partial charge in [0, 0.05) is 23.9 Å². The fourth-order valence-electron chi connectivity index (χ4n) is 1.43. The van der Waals surface area contributed by atoms with Gasteiger partial charge in [-0.2, -0.15) is 0 Å². The van der Waals surface area contributed by atoms with E-state index in [2.05, 4.69) is 10.3 Å². The number of carbonyl (C=O) groups excluding carboxylic acids is 1. The molecule has 6 heteroatoms. The first-order valence-corrected chi connectivity index (χ1v) is 6.11. The van der Waals surface area contributed by atoms with E-state index in [-0.39, 0.29) is 17.9 Å². The van der Waals surface area contributed by atoms with E-state index in [4.69, 9.17) is 10.8 Å². The number of rotatable bonds is 5. The van der Waals surface area contributed by atoms with Crippen molar-refractivity contribution < 1.29 is 9.90 Å². The van der Waals surface area contributed by atoms with Crippen molar-refractivity contribution >= 4 is 17.2 Å². The molecule has 1 aliphatic rings. The topological polar surface area (TPSA) is 88.2 Å². The van der Waals surface area contributed by atoms with Gasteiger partial charge in [-0.15, -0.1) is 11.3 Å². The molecule has 0 aromatic carbocycles. The molecule has 5 nitrogen and oxygen atoms in total. The average molecular weight is 241 g/mol. The van der Waals surface area contributed by atoms with Crippen molar-refractivity contribution in [1.82, 2.24) is 10.3 Å². The van der Waals surface area contributed by atoms with Crippen LogP contribution in [0, 0.1) is 5.41 Å². The molecule has 4 N–H and O–H groups in total. The molecule has 88 valence electrons. The van der Waals surface area contributed by atoms with Gasteiger partial charge in [-0.25, -0.2) is 4.98 Å². The van der Waals surface area contributed by atoms with Crippen molar-refractivity contribution in [2.45, 2.75) is 19.4 Å². The molecule has 0 spiro atoms. The van der Waals surface area contributed by atoms with E-state index in [9.17, 15) is 4.79 Å². The molecule has 0 saturated heterocycles. The highest BCUT2D eigenvalue weighted by atomic mass is 32.1. The first-order chi connectivity index (χ1) is 7.69. The van der Waals surface area contributed by atoms with Crippen molar-refractivity contribution in [3.05, 3.63) is 16.1 Å². The zero-order valence-corrected chi connectivity index (χ0v) is 9.72. The summed E-state index contributed by atoms with van der Waals surface area (Å²) in [6.45, 7) is 1.02. The van der Waals surface area contributed by atoms with Crippen LogP contribution in [0.3, 0.4) is 0 Å². The summed E-state index contributed by atoms with van der Waals surface area (Å²) in [6, 6.07) is 0. The Kier molecular flexibility index (Phi) is 3.22. The van der Waals surface area contributed by atoms with Gasteiger partial charge >= 0.3 is 0 Å². The van der Waals surface area contributed by atoms with Crippen LogP contribution in [0.2, 0.25) is 0 Å². The molecule has 0 aliphatic heterocycles. The maximum Gasteiger partial charge on any atom is 0.270 e. The highest BCUT2D eigenvalue weighted by Gasteiger charge is 2.42. The van der Waals surface area contributed by atoms with E-state index >= 15 is 0 Å². The summed E-state index contributed by atoms with van der Waals surface area (Å²) in [6.07, 6.45) is 1.96. The number of thiazole rings is 1. The van der Waals surface area contributed by atoms with E-state index in [0.717, 1.165) is 17.8 Å². The van der Waals surface area contributed by atoms with Crippen LogP contribution in [-0.4, -0.2) is 29.1 Å². The monoisotopic (exact) mass is 241 g/mol. The van der Waals surface area contributed by atoms with Crippen LogP contribution in [0.15, 0.2) is 5.38 Å². The average Bonchev–Trinajstić information content (AvgIpc) is 2.94. The Balaban J connectivity index is 1.88. The highest BCUT2D eigenvalue weighted by Crippen LogP contribution is 2.44. The Morgan fingerprint density at radius 1 is 1.69 bits per heavy atom. The molecule has 16 heavy (non-hydrogen) atoms. The number of amides is 1. The van der Waals surface area contributed by atoms with Crippen molar-refractivity contribution in [2.24, 2.45) is 11.1 Å². The Labute approximate surface area is 97.7 Å². The van der Waals surface area contributed by atoms with Gasteiger partial charge in [0.15, 0.2) is 0 Å². The lowest BCUT2D eigenvalue weighted by molar-refractivity contribution is 0.0930. The molecule has 2 rings (SSSR count). The van der Waals surface area contributed by atoms with Crippen molar-refractivity contribution in [3.63, 3.8) is 0 Å². The molecule has 0 radical (unpaired) electrons. The molecule has 1 amide bonds. The van der Waals surface area contributed by atoms with Gasteiger partial charge in [-0.3, -0.25) is 4.79 Å². The first kappa shape index (κ1) is 11.5. The van der Waals surface area contributed by atoms with Gasteiger partial charge in [0.1, 0.15) is 10.7 Å². The number of aromatic nitrogens is 1. The van der Waals surface area contributed by atoms with Crippen LogP contribution in [0.1, 0.15) is 28.3 Å². The molecule has 1 fully saturated rings. The Bertz CT molecular complexity index is 387. The third-order valence-corrected chi connectivity index (χ3v) is 3.75. The molecular weight excluding hydrogens is 226 g/mol. The van der Waals surface area contributed by atoms with E-state index in [1.165, 1.54) is 11.3 Å². The van der Waals surface area contributed by atoms with E-state index in [0.29, 0.717) is 18.8 Å². The molecular formula is C10H15N3O2S. The lowest BCUT2D eigenvalue weighted by Gasteiger charge is -2.11. The summed E-state index contributed by atoms with van der Waals surface area (Å²) in [5.74, 6) is -0.185. The van der Waals surface area contributed by atoms with Crippen LogP contribution < -0.4 is 11.1 Å². The van der Waals surface area contributed by atoms with Gasteiger partial charge in [0.2, 0.25) is 0 Å². The van der Waals surface area contributed by atoms with E-state index in [1.54, 1.807) is 5.38 Å². The standard InChI is InChI=1S/C10H15N3O2S/c11-3-8-13-7(4-16-8)9(15)12-5-10(6-14)1-2-10/h4,14H,1-3,5-6,11H2,(H,12,15). The van der Waals surface area contributed by atoms with Crippen molar-refractivity contribution in [3.8, 4) is 0 Å². The third kappa shape index (κ3) is 2.40. The predicted octanol–water partition coefficient (Wildman–Crippen LogP) is 0.104. The number of nitrogens with one attached hydrogen (secondary N) is 1. The summed E-state index contributed by atoms with van der Waals surface area (Å²) < 4.78 is 0. The second-order valence-electron chi connectivity index (χ2n) is 4.17. The molecule has 0 bridgehead atoms. The second kappa shape index (κ2) is 4.48. The summed E-state index contributed by atoms with van der Waals surface area (Å²) in [5, 5.41) is 14.4. The summed E-state index contributed by atoms with van der Waals surface area (Å²) >= 11 is 1.39. The Morgan fingerprint density at radius 3 is 2.94 bits per heavy atom. The summed E-state index contributed by atoms with van der Waals surface area (Å²) in [7, 11) is 0. The van der Waals surface area contributed by atoms with Crippen LogP contribution in [-0.2, 0) is 6.54 Å². The Hall–Kier alpha value is -0.980. The fourth-order valence-corrected chi connectivity index (χ4v) is 2.09. The lowest BCUT2D eigenvalue weighted by atomic mass is 10.1. The maximum atomic E-state index is 11.7. The molecule has 1 aromatic heterocycles. The minimum Gasteiger partial charge on any atom is -0.396 e. The number of aliphatic hydroxyl groups is 1. The number of carbonyl (C=O) groups is 1. The van der Waals surface area contributed by atoms with E-state index in [1.807, 2.05) is 0 Å². The molecule has 0 unspecified atom stereocenters. The second-order valence-corrected chi connectivity index (χ2v) is 5.11. The SMILES string of the molecule is NCc1nc(C(=O)NCC2(CO)CC2)cs1. The van der Waals surface area contributed by atoms with Crippen molar-refractivity contribution in [1.29, 1.82) is 0 Å². The normalized spacial score (nSPS) is 17.1. The molecule has 1 saturated carbocycles. The zero-order chi connectivity index (χ0) is 11.6. The van der Waals surface area contributed by atoms with Crippen LogP contribution in [0.4, 0.5) is 0 Å². The third-order valence-electron chi connectivity index (χ3n) is 2.88. The first-order valence-electron chi connectivity index (χ1n) is 5.23. The van der Waals surface area contributed by atoms with E-state index < -0.39 is 0 Å². The fraction of sp³-hybridized carbons (Fsp3) is 0.600. The molecule has 1 aliphatic carbocycles. The minimum absolute atomic E-state index is 0.0671. The summed E-state index contributed by atoms with van der Waals surface area (Å²) in [4.78, 5) is 15.8. The van der Waals surface area contributed by atoms with Gasteiger partial charge in [-0.1, -0.05) is 0 Å². The van der Waals surface area contributed by atoms with Gasteiger partial charge in [-0.05, 0) is 12.8 Å². The van der Waals surface area contributed by atoms with Crippen LogP contribution in [0.25, 0.3) is 0 Å². The largest absolute Gasteiger partial charge is 0.396 e. The van der Waals surface area contributed by atoms with Gasteiger partial charge in [0.05, 0.1) is 6.61 Å². The molecule has 0 atom stereocenters. The summed E-state index contributed by atoms with van der Waals surface area (Å²) in [5.41, 5.74) is 5.77. The van der Waals surface area contributed by atoms with Gasteiger partial charge in [0.25, 0.3) is 5.91 Å². The highest BCUT2D eigenvalue weighted by molar-refractivity contribution is 7.09. The minimum atomic E-state index is -0.185. The predicted molar refractivity (Wildman–Crippen MR) is 61.1 cm³/mol. The number of aliphatic hydroxyl groups excluding tert-OH is 1. The number of hydrogen-bond acceptors (Lipinski definition) is 5. The van der Waals surface area contributed by atoms with Gasteiger partial charge < -0.3 is 16.2 Å². The number of hydrogen-bond donors (Lipinski definition) is 3. The Morgan fingerprint density at radius 2 is 2.44 bits per heavy atom. The quantitative estimate of drug-likeness (QED) is 0.682. The molecule has 1 aromatic rings. The molecule has 1 heterocycles.